The van der Waals surface area contributed by atoms with Gasteiger partial charge >= 0.3 is 5.97 Å². The molecule has 0 aliphatic carbocycles. The van der Waals surface area contributed by atoms with Gasteiger partial charge in [-0.15, -0.1) is 0 Å². The highest BCUT2D eigenvalue weighted by molar-refractivity contribution is 5.87. The fourth-order valence-electron chi connectivity index (χ4n) is 1.97. The highest BCUT2D eigenvalue weighted by atomic mass is 19.1. The number of carboxylic acids is 1. The Bertz CT molecular complexity index is 401. The SMILES string of the molecule is CCCN(CCC)Cc1cc(C(=O)O)ccc1F. The molecular weight excluding hydrogens is 233 g/mol. The normalized spacial score (nSPS) is 10.9. The molecule has 0 unspecified atom stereocenters. The first-order chi connectivity index (χ1) is 8.58. The summed E-state index contributed by atoms with van der Waals surface area (Å²) in [6.07, 6.45) is 2.00. The van der Waals surface area contributed by atoms with Crippen LogP contribution in [0, 0.1) is 5.82 Å². The maximum atomic E-state index is 13.7. The van der Waals surface area contributed by atoms with Gasteiger partial charge in [0.1, 0.15) is 5.82 Å². The van der Waals surface area contributed by atoms with E-state index in [4.69, 9.17) is 5.11 Å². The number of carboxylic acid groups (broad SMARTS) is 1. The standard InChI is InChI=1S/C14H20FNO2/c1-3-7-16(8-4-2)10-12-9-11(14(17)18)5-6-13(12)15/h5-6,9H,3-4,7-8,10H2,1-2H3,(H,17,18). The van der Waals surface area contributed by atoms with Gasteiger partial charge in [0.05, 0.1) is 5.56 Å². The minimum Gasteiger partial charge on any atom is -0.478 e. The minimum atomic E-state index is -1.02. The monoisotopic (exact) mass is 253 g/mol. The van der Waals surface area contributed by atoms with Crippen LogP contribution in [0.4, 0.5) is 4.39 Å². The molecule has 0 bridgehead atoms. The van der Waals surface area contributed by atoms with E-state index >= 15 is 0 Å². The summed E-state index contributed by atoms with van der Waals surface area (Å²) < 4.78 is 13.7. The van der Waals surface area contributed by atoms with Gasteiger partial charge in [0.15, 0.2) is 0 Å². The van der Waals surface area contributed by atoms with E-state index < -0.39 is 5.97 Å². The van der Waals surface area contributed by atoms with Crippen LogP contribution in [0.3, 0.4) is 0 Å². The van der Waals surface area contributed by atoms with Gasteiger partial charge in [-0.1, -0.05) is 13.8 Å². The van der Waals surface area contributed by atoms with Crippen LogP contribution in [0.1, 0.15) is 42.6 Å². The van der Waals surface area contributed by atoms with Crippen molar-refractivity contribution < 1.29 is 14.3 Å². The van der Waals surface area contributed by atoms with Gasteiger partial charge < -0.3 is 5.11 Å². The number of halogens is 1. The second-order valence-electron chi connectivity index (χ2n) is 4.39. The Morgan fingerprint density at radius 2 is 1.89 bits per heavy atom. The minimum absolute atomic E-state index is 0.138. The molecule has 1 aromatic carbocycles. The van der Waals surface area contributed by atoms with Crippen LogP contribution in [0.15, 0.2) is 18.2 Å². The highest BCUT2D eigenvalue weighted by Gasteiger charge is 2.11. The van der Waals surface area contributed by atoms with Crippen molar-refractivity contribution in [3.05, 3.63) is 35.1 Å². The molecule has 0 saturated heterocycles. The first-order valence-corrected chi connectivity index (χ1v) is 6.32. The first-order valence-electron chi connectivity index (χ1n) is 6.32. The largest absolute Gasteiger partial charge is 0.478 e. The van der Waals surface area contributed by atoms with E-state index in [0.717, 1.165) is 25.9 Å². The van der Waals surface area contributed by atoms with Crippen LogP contribution in [0.5, 0.6) is 0 Å². The fourth-order valence-corrected chi connectivity index (χ4v) is 1.97. The van der Waals surface area contributed by atoms with E-state index in [0.29, 0.717) is 12.1 Å². The van der Waals surface area contributed by atoms with Crippen LogP contribution < -0.4 is 0 Å². The lowest BCUT2D eigenvalue weighted by Crippen LogP contribution is -2.25. The Morgan fingerprint density at radius 1 is 1.28 bits per heavy atom. The van der Waals surface area contributed by atoms with Crippen molar-refractivity contribution >= 4 is 5.97 Å². The van der Waals surface area contributed by atoms with E-state index in [2.05, 4.69) is 18.7 Å². The quantitative estimate of drug-likeness (QED) is 0.811. The van der Waals surface area contributed by atoms with Gasteiger partial charge in [0.2, 0.25) is 0 Å². The molecule has 0 saturated carbocycles. The molecule has 1 rings (SSSR count). The molecule has 0 amide bonds. The van der Waals surface area contributed by atoms with Crippen molar-refractivity contribution in [2.75, 3.05) is 13.1 Å². The predicted molar refractivity (Wildman–Crippen MR) is 69.2 cm³/mol. The summed E-state index contributed by atoms with van der Waals surface area (Å²) in [5.74, 6) is -1.36. The van der Waals surface area contributed by atoms with E-state index in [1.165, 1.54) is 18.2 Å². The number of nitrogens with zero attached hydrogens (tertiary/aromatic N) is 1. The fraction of sp³-hybridized carbons (Fsp3) is 0.500. The molecule has 0 atom stereocenters. The molecule has 0 radical (unpaired) electrons. The average Bonchev–Trinajstić information content (AvgIpc) is 2.32. The molecule has 0 spiro atoms. The summed E-state index contributed by atoms with van der Waals surface area (Å²) in [7, 11) is 0. The zero-order valence-corrected chi connectivity index (χ0v) is 10.9. The van der Waals surface area contributed by atoms with Gasteiger partial charge in [0, 0.05) is 12.1 Å². The molecule has 1 N–H and O–H groups in total. The maximum absolute atomic E-state index is 13.7. The summed E-state index contributed by atoms with van der Waals surface area (Å²) in [5, 5.41) is 8.90. The van der Waals surface area contributed by atoms with Crippen molar-refractivity contribution in [2.24, 2.45) is 0 Å². The summed E-state index contributed by atoms with van der Waals surface area (Å²) in [4.78, 5) is 13.0. The van der Waals surface area contributed by atoms with Crippen LogP contribution in [0.2, 0.25) is 0 Å². The number of hydrogen-bond acceptors (Lipinski definition) is 2. The second kappa shape index (κ2) is 7.11. The van der Waals surface area contributed by atoms with Crippen LogP contribution in [0.25, 0.3) is 0 Å². The van der Waals surface area contributed by atoms with Crippen molar-refractivity contribution in [2.45, 2.75) is 33.2 Å². The number of benzene rings is 1. The third kappa shape index (κ3) is 4.11. The lowest BCUT2D eigenvalue weighted by Gasteiger charge is -2.21. The predicted octanol–water partition coefficient (Wildman–Crippen LogP) is 3.15. The third-order valence-corrected chi connectivity index (χ3v) is 2.77. The van der Waals surface area contributed by atoms with Crippen LogP contribution in [-0.2, 0) is 6.54 Å². The zero-order chi connectivity index (χ0) is 13.5. The van der Waals surface area contributed by atoms with Gasteiger partial charge in [-0.05, 0) is 44.1 Å². The lowest BCUT2D eigenvalue weighted by molar-refractivity contribution is 0.0696. The molecule has 3 nitrogen and oxygen atoms in total. The molecule has 0 fully saturated rings. The highest BCUT2D eigenvalue weighted by Crippen LogP contribution is 2.14. The molecule has 4 heteroatoms. The Kier molecular flexibility index (Phi) is 5.78. The zero-order valence-electron chi connectivity index (χ0n) is 10.9. The molecular formula is C14H20FNO2. The van der Waals surface area contributed by atoms with Crippen LogP contribution >= 0.6 is 0 Å². The molecule has 0 heterocycles. The number of aromatic carboxylic acids is 1. The van der Waals surface area contributed by atoms with Crippen molar-refractivity contribution in [1.29, 1.82) is 0 Å². The van der Waals surface area contributed by atoms with E-state index in [1.807, 2.05) is 0 Å². The van der Waals surface area contributed by atoms with Gasteiger partial charge in [-0.2, -0.15) is 0 Å². The molecule has 100 valence electrons. The maximum Gasteiger partial charge on any atom is 0.335 e. The van der Waals surface area contributed by atoms with E-state index in [-0.39, 0.29) is 11.4 Å². The first kappa shape index (κ1) is 14.6. The van der Waals surface area contributed by atoms with Gasteiger partial charge in [-0.3, -0.25) is 4.90 Å². The topological polar surface area (TPSA) is 40.5 Å². The van der Waals surface area contributed by atoms with Crippen molar-refractivity contribution in [3.8, 4) is 0 Å². The third-order valence-electron chi connectivity index (χ3n) is 2.77. The van der Waals surface area contributed by atoms with Gasteiger partial charge in [0.25, 0.3) is 0 Å². The Morgan fingerprint density at radius 3 is 2.39 bits per heavy atom. The molecule has 1 aromatic rings. The lowest BCUT2D eigenvalue weighted by atomic mass is 10.1. The molecule has 0 aliphatic heterocycles. The van der Waals surface area contributed by atoms with Gasteiger partial charge in [-0.25, -0.2) is 9.18 Å². The Labute approximate surface area is 107 Å². The second-order valence-corrected chi connectivity index (χ2v) is 4.39. The summed E-state index contributed by atoms with van der Waals surface area (Å²) in [6.45, 7) is 6.41. The summed E-state index contributed by atoms with van der Waals surface area (Å²) >= 11 is 0. The summed E-state index contributed by atoms with van der Waals surface area (Å²) in [6, 6.07) is 3.95. The Hall–Kier alpha value is -1.42. The summed E-state index contributed by atoms with van der Waals surface area (Å²) in [5.41, 5.74) is 0.594. The van der Waals surface area contributed by atoms with Crippen molar-refractivity contribution in [3.63, 3.8) is 0 Å². The van der Waals surface area contributed by atoms with Crippen LogP contribution in [-0.4, -0.2) is 29.1 Å². The van der Waals surface area contributed by atoms with E-state index in [1.54, 1.807) is 0 Å². The average molecular weight is 253 g/mol. The number of carbonyl (C=O) groups is 1. The smallest absolute Gasteiger partial charge is 0.335 e. The molecule has 0 aliphatic rings. The number of hydrogen-bond donors (Lipinski definition) is 1. The molecule has 0 aromatic heterocycles. The van der Waals surface area contributed by atoms with E-state index in [9.17, 15) is 9.18 Å². The number of rotatable bonds is 7. The molecule has 18 heavy (non-hydrogen) atoms. The Balaban J connectivity index is 2.86. The van der Waals surface area contributed by atoms with Crippen molar-refractivity contribution in [1.82, 2.24) is 4.90 Å².